The van der Waals surface area contributed by atoms with Crippen LogP contribution in [0.2, 0.25) is 0 Å². The number of benzene rings is 7. The van der Waals surface area contributed by atoms with Crippen molar-refractivity contribution in [2.75, 3.05) is 4.90 Å². The monoisotopic (exact) mass is 550 g/mol. The molecule has 1 aliphatic heterocycles. The van der Waals surface area contributed by atoms with E-state index in [0.717, 1.165) is 50.6 Å². The number of ether oxygens (including phenoxy) is 1. The first kappa shape index (κ1) is 23.9. The zero-order valence-electron chi connectivity index (χ0n) is 23.3. The molecule has 0 radical (unpaired) electrons. The van der Waals surface area contributed by atoms with Crippen LogP contribution in [0.3, 0.4) is 0 Å². The summed E-state index contributed by atoms with van der Waals surface area (Å²) in [6.07, 6.45) is 0. The van der Waals surface area contributed by atoms with Gasteiger partial charge < -0.3 is 14.2 Å². The lowest BCUT2D eigenvalue weighted by Gasteiger charge is -2.29. The number of fused-ring (bicyclic) bond motifs is 5. The summed E-state index contributed by atoms with van der Waals surface area (Å²) in [5.74, 6) is 1.79. The molecule has 0 N–H and O–H groups in total. The number of nitrogens with zero attached hydrogens (tertiary/aromatic N) is 2. The average molecular weight is 551 g/mol. The highest BCUT2D eigenvalue weighted by molar-refractivity contribution is 6.13. The summed E-state index contributed by atoms with van der Waals surface area (Å²) < 4.78 is 8.78. The molecule has 0 saturated carbocycles. The Bertz CT molecular complexity index is 2320. The maximum absolute atomic E-state index is 6.43. The van der Waals surface area contributed by atoms with Gasteiger partial charge in [0.15, 0.2) is 0 Å². The summed E-state index contributed by atoms with van der Waals surface area (Å²) in [6, 6.07) is 56.0. The van der Waals surface area contributed by atoms with Gasteiger partial charge in [-0.25, -0.2) is 0 Å². The fourth-order valence-electron chi connectivity index (χ4n) is 6.72. The number of aromatic nitrogens is 1. The number of rotatable bonds is 4. The van der Waals surface area contributed by atoms with Crippen molar-refractivity contribution in [1.82, 2.24) is 4.57 Å². The maximum atomic E-state index is 6.43. The minimum Gasteiger partial charge on any atom is -0.456 e. The molecule has 0 saturated heterocycles. The van der Waals surface area contributed by atoms with Crippen LogP contribution >= 0.6 is 0 Å². The molecule has 0 bridgehead atoms. The van der Waals surface area contributed by atoms with Gasteiger partial charge in [-0.15, -0.1) is 0 Å². The molecule has 2 heterocycles. The normalized spacial score (nSPS) is 11.9. The lowest BCUT2D eigenvalue weighted by Crippen LogP contribution is -2.11. The van der Waals surface area contributed by atoms with E-state index in [1.54, 1.807) is 0 Å². The molecule has 0 aliphatic carbocycles. The molecule has 1 aromatic heterocycles. The second kappa shape index (κ2) is 9.37. The topological polar surface area (TPSA) is 17.4 Å². The second-order valence-electron chi connectivity index (χ2n) is 11.0. The Morgan fingerprint density at radius 1 is 0.442 bits per heavy atom. The highest BCUT2D eigenvalue weighted by Crippen LogP contribution is 2.50. The van der Waals surface area contributed by atoms with E-state index in [4.69, 9.17) is 4.74 Å². The van der Waals surface area contributed by atoms with Crippen LogP contribution in [-0.2, 0) is 0 Å². The SMILES string of the molecule is c1ccc(N(c2ccc3c(c2)c2ccccc2n3-c2ccccc2)c2ccc3c4c(cccc24)Oc2ccccc2-3)cc1. The Morgan fingerprint density at radius 2 is 1.14 bits per heavy atom. The molecule has 0 unspecified atom stereocenters. The summed E-state index contributed by atoms with van der Waals surface area (Å²) >= 11 is 0. The molecule has 9 rings (SSSR count). The van der Waals surface area contributed by atoms with Gasteiger partial charge in [0.1, 0.15) is 11.5 Å². The van der Waals surface area contributed by atoms with Gasteiger partial charge in [-0.3, -0.25) is 0 Å². The van der Waals surface area contributed by atoms with E-state index in [1.807, 2.05) is 12.1 Å². The van der Waals surface area contributed by atoms with Gasteiger partial charge in [-0.2, -0.15) is 0 Å². The number of anilines is 3. The van der Waals surface area contributed by atoms with Crippen molar-refractivity contribution in [3.8, 4) is 28.3 Å². The first-order valence-electron chi connectivity index (χ1n) is 14.6. The predicted octanol–water partition coefficient (Wildman–Crippen LogP) is 11.2. The Morgan fingerprint density at radius 3 is 2.02 bits per heavy atom. The zero-order valence-corrected chi connectivity index (χ0v) is 23.3. The Hall–Kier alpha value is -5.80. The van der Waals surface area contributed by atoms with Crippen LogP contribution in [0.25, 0.3) is 49.4 Å². The van der Waals surface area contributed by atoms with E-state index < -0.39 is 0 Å². The minimum atomic E-state index is 0.891. The smallest absolute Gasteiger partial charge is 0.135 e. The van der Waals surface area contributed by atoms with Crippen LogP contribution in [-0.4, -0.2) is 4.57 Å². The van der Waals surface area contributed by atoms with E-state index >= 15 is 0 Å². The highest BCUT2D eigenvalue weighted by Gasteiger charge is 2.24. The van der Waals surface area contributed by atoms with Crippen LogP contribution < -0.4 is 9.64 Å². The number of para-hydroxylation sites is 4. The van der Waals surface area contributed by atoms with Crippen molar-refractivity contribution < 1.29 is 4.74 Å². The summed E-state index contributed by atoms with van der Waals surface area (Å²) in [5, 5.41) is 4.75. The van der Waals surface area contributed by atoms with Crippen LogP contribution in [0.5, 0.6) is 11.5 Å². The van der Waals surface area contributed by atoms with Crippen molar-refractivity contribution in [1.29, 1.82) is 0 Å². The maximum Gasteiger partial charge on any atom is 0.135 e. The van der Waals surface area contributed by atoms with E-state index in [-0.39, 0.29) is 0 Å². The summed E-state index contributed by atoms with van der Waals surface area (Å²) in [5.41, 5.74) is 9.19. The van der Waals surface area contributed by atoms with Gasteiger partial charge in [0, 0.05) is 44.2 Å². The van der Waals surface area contributed by atoms with E-state index in [0.29, 0.717) is 0 Å². The largest absolute Gasteiger partial charge is 0.456 e. The van der Waals surface area contributed by atoms with Crippen molar-refractivity contribution in [3.63, 3.8) is 0 Å². The van der Waals surface area contributed by atoms with Gasteiger partial charge in [0.2, 0.25) is 0 Å². The number of hydrogen-bond donors (Lipinski definition) is 0. The van der Waals surface area contributed by atoms with Crippen molar-refractivity contribution in [2.24, 2.45) is 0 Å². The second-order valence-corrected chi connectivity index (χ2v) is 11.0. The predicted molar refractivity (Wildman–Crippen MR) is 178 cm³/mol. The molecule has 8 aromatic rings. The van der Waals surface area contributed by atoms with Gasteiger partial charge in [-0.05, 0) is 72.3 Å². The van der Waals surface area contributed by atoms with Crippen LogP contribution in [0.4, 0.5) is 17.1 Å². The van der Waals surface area contributed by atoms with Gasteiger partial charge in [-0.1, -0.05) is 91.0 Å². The van der Waals surface area contributed by atoms with E-state index in [2.05, 4.69) is 155 Å². The van der Waals surface area contributed by atoms with E-state index in [1.165, 1.54) is 27.4 Å². The molecule has 7 aromatic carbocycles. The first-order valence-corrected chi connectivity index (χ1v) is 14.6. The summed E-state index contributed by atoms with van der Waals surface area (Å²) in [4.78, 5) is 2.37. The molecule has 1 aliphatic rings. The molecule has 0 atom stereocenters. The fraction of sp³-hybridized carbons (Fsp3) is 0. The highest BCUT2D eigenvalue weighted by atomic mass is 16.5. The molecule has 43 heavy (non-hydrogen) atoms. The van der Waals surface area contributed by atoms with Crippen LogP contribution in [0.1, 0.15) is 0 Å². The van der Waals surface area contributed by atoms with Crippen molar-refractivity contribution >= 4 is 49.6 Å². The summed E-state index contributed by atoms with van der Waals surface area (Å²) in [7, 11) is 0. The zero-order chi connectivity index (χ0) is 28.3. The molecule has 202 valence electrons. The third kappa shape index (κ3) is 3.62. The van der Waals surface area contributed by atoms with Crippen molar-refractivity contribution in [2.45, 2.75) is 0 Å². The van der Waals surface area contributed by atoms with Crippen LogP contribution in [0.15, 0.2) is 158 Å². The third-order valence-electron chi connectivity index (χ3n) is 8.56. The summed E-state index contributed by atoms with van der Waals surface area (Å²) in [6.45, 7) is 0. The molecule has 0 spiro atoms. The first-order chi connectivity index (χ1) is 21.3. The van der Waals surface area contributed by atoms with Crippen molar-refractivity contribution in [3.05, 3.63) is 158 Å². The van der Waals surface area contributed by atoms with Gasteiger partial charge in [0.25, 0.3) is 0 Å². The lowest BCUT2D eigenvalue weighted by molar-refractivity contribution is 0.487. The Kier molecular flexibility index (Phi) is 5.20. The molecule has 3 heteroatoms. The standard InChI is InChI=1S/C40H26N2O/c1-3-12-27(13-4-1)41(36-25-23-32-31-17-8-10-20-38(31)43-39-21-11-18-33(36)40(32)39)29-22-24-37-34(26-29)30-16-7-9-19-35(30)42(37)28-14-5-2-6-15-28/h1-26H. The van der Waals surface area contributed by atoms with E-state index in [9.17, 15) is 0 Å². The Balaban J connectivity index is 1.31. The average Bonchev–Trinajstić information content (AvgIpc) is 3.40. The molecular formula is C40H26N2O. The quantitative estimate of drug-likeness (QED) is 0.217. The Labute approximate surface area is 249 Å². The molecular weight excluding hydrogens is 524 g/mol. The van der Waals surface area contributed by atoms with Crippen LogP contribution in [0, 0.1) is 0 Å². The molecule has 0 amide bonds. The minimum absolute atomic E-state index is 0.891. The fourth-order valence-corrected chi connectivity index (χ4v) is 6.72. The van der Waals surface area contributed by atoms with Gasteiger partial charge >= 0.3 is 0 Å². The van der Waals surface area contributed by atoms with Gasteiger partial charge in [0.05, 0.1) is 16.7 Å². The molecule has 0 fully saturated rings. The third-order valence-corrected chi connectivity index (χ3v) is 8.56. The lowest BCUT2D eigenvalue weighted by atomic mass is 9.93. The number of hydrogen-bond acceptors (Lipinski definition) is 2. The molecule has 3 nitrogen and oxygen atoms in total.